The highest BCUT2D eigenvalue weighted by atomic mass is 79.9. The van der Waals surface area contributed by atoms with Crippen LogP contribution in [0.15, 0.2) is 33.5 Å². The zero-order valence-electron chi connectivity index (χ0n) is 10.9. The lowest BCUT2D eigenvalue weighted by Gasteiger charge is -2.19. The van der Waals surface area contributed by atoms with Crippen LogP contribution in [0.3, 0.4) is 0 Å². The Kier molecular flexibility index (Phi) is 5.13. The van der Waals surface area contributed by atoms with Crippen LogP contribution in [0.5, 0.6) is 0 Å². The molecule has 0 aliphatic carbocycles. The van der Waals surface area contributed by atoms with Gasteiger partial charge in [-0.25, -0.2) is 0 Å². The largest absolute Gasteiger partial charge is 0.304 e. The summed E-state index contributed by atoms with van der Waals surface area (Å²) in [6, 6.07) is 4.07. The molecule has 1 N–H and O–H groups in total. The fourth-order valence-electron chi connectivity index (χ4n) is 1.93. The molecule has 0 saturated carbocycles. The van der Waals surface area contributed by atoms with Crippen molar-refractivity contribution >= 4 is 31.9 Å². The molecule has 0 saturated heterocycles. The molecule has 0 aliphatic heterocycles. The summed E-state index contributed by atoms with van der Waals surface area (Å²) in [7, 11) is 1.95. The molecule has 4 nitrogen and oxygen atoms in total. The van der Waals surface area contributed by atoms with Crippen LogP contribution in [-0.2, 0) is 7.05 Å². The Morgan fingerprint density at radius 1 is 1.42 bits per heavy atom. The molecule has 102 valence electrons. The second kappa shape index (κ2) is 6.63. The van der Waals surface area contributed by atoms with Gasteiger partial charge in [-0.2, -0.15) is 5.10 Å². The van der Waals surface area contributed by atoms with Crippen molar-refractivity contribution in [1.29, 1.82) is 0 Å². The van der Waals surface area contributed by atoms with Crippen LogP contribution in [0.25, 0.3) is 0 Å². The van der Waals surface area contributed by atoms with Gasteiger partial charge in [0.05, 0.1) is 17.4 Å². The van der Waals surface area contributed by atoms with Crippen LogP contribution in [0.1, 0.15) is 30.8 Å². The van der Waals surface area contributed by atoms with Crippen molar-refractivity contribution < 1.29 is 0 Å². The average Bonchev–Trinajstić information content (AvgIpc) is 2.78. The Morgan fingerprint density at radius 2 is 2.21 bits per heavy atom. The molecule has 1 atom stereocenters. The first-order chi connectivity index (χ1) is 9.13. The molecule has 0 radical (unpaired) electrons. The highest BCUT2D eigenvalue weighted by Crippen LogP contribution is 2.28. The topological polar surface area (TPSA) is 42.7 Å². The van der Waals surface area contributed by atoms with E-state index in [-0.39, 0.29) is 6.04 Å². The molecule has 2 heterocycles. The molecule has 2 rings (SSSR count). The van der Waals surface area contributed by atoms with Gasteiger partial charge < -0.3 is 5.32 Å². The van der Waals surface area contributed by atoms with E-state index in [0.717, 1.165) is 33.3 Å². The Bertz CT molecular complexity index is 553. The molecule has 0 bridgehead atoms. The Hall–Kier alpha value is -0.720. The lowest BCUT2D eigenvalue weighted by atomic mass is 10.1. The first-order valence-electron chi connectivity index (χ1n) is 6.15. The lowest BCUT2D eigenvalue weighted by molar-refractivity contribution is 0.542. The molecule has 0 spiro atoms. The molecular weight excluding hydrogens is 372 g/mol. The standard InChI is InChI=1S/C13H16Br2N4/c1-3-5-16-13(11-4-6-18-19(11)2)12-10(15)7-9(14)8-17-12/h4,6-8,13,16H,3,5H2,1-2H3. The number of halogens is 2. The fraction of sp³-hybridized carbons (Fsp3) is 0.385. The maximum absolute atomic E-state index is 4.53. The van der Waals surface area contributed by atoms with E-state index in [9.17, 15) is 0 Å². The van der Waals surface area contributed by atoms with Crippen molar-refractivity contribution in [3.8, 4) is 0 Å². The minimum absolute atomic E-state index is 0.0370. The van der Waals surface area contributed by atoms with Crippen LogP contribution in [-0.4, -0.2) is 21.3 Å². The minimum Gasteiger partial charge on any atom is -0.304 e. The second-order valence-corrected chi connectivity index (χ2v) is 6.06. The summed E-state index contributed by atoms with van der Waals surface area (Å²) in [6.07, 6.45) is 4.70. The molecule has 0 aromatic carbocycles. The normalized spacial score (nSPS) is 12.6. The summed E-state index contributed by atoms with van der Waals surface area (Å²) in [5.74, 6) is 0. The van der Waals surface area contributed by atoms with E-state index in [2.05, 4.69) is 54.2 Å². The Balaban J connectivity index is 2.40. The van der Waals surface area contributed by atoms with E-state index >= 15 is 0 Å². The SMILES string of the molecule is CCCNC(c1ncc(Br)cc1Br)c1ccnn1C. The van der Waals surface area contributed by atoms with Crippen LogP contribution in [0, 0.1) is 0 Å². The van der Waals surface area contributed by atoms with Crippen molar-refractivity contribution in [2.75, 3.05) is 6.54 Å². The summed E-state index contributed by atoms with van der Waals surface area (Å²) >= 11 is 7.02. The van der Waals surface area contributed by atoms with E-state index < -0.39 is 0 Å². The molecule has 19 heavy (non-hydrogen) atoms. The number of aryl methyl sites for hydroxylation is 1. The quantitative estimate of drug-likeness (QED) is 0.854. The van der Waals surface area contributed by atoms with Crippen molar-refractivity contribution in [3.05, 3.63) is 44.9 Å². The molecule has 2 aromatic heterocycles. The number of aromatic nitrogens is 3. The Labute approximate surface area is 129 Å². The Morgan fingerprint density at radius 3 is 2.79 bits per heavy atom. The molecular formula is C13H16Br2N4. The van der Waals surface area contributed by atoms with E-state index in [1.54, 1.807) is 0 Å². The fourth-order valence-corrected chi connectivity index (χ4v) is 3.15. The zero-order chi connectivity index (χ0) is 13.8. The highest BCUT2D eigenvalue weighted by molar-refractivity contribution is 9.11. The zero-order valence-corrected chi connectivity index (χ0v) is 14.1. The molecule has 2 aromatic rings. The van der Waals surface area contributed by atoms with Crippen molar-refractivity contribution in [2.45, 2.75) is 19.4 Å². The van der Waals surface area contributed by atoms with Crippen molar-refractivity contribution in [1.82, 2.24) is 20.1 Å². The number of hydrogen-bond donors (Lipinski definition) is 1. The summed E-state index contributed by atoms with van der Waals surface area (Å²) < 4.78 is 3.82. The monoisotopic (exact) mass is 386 g/mol. The predicted octanol–water partition coefficient (Wildman–Crippen LogP) is 3.43. The van der Waals surface area contributed by atoms with Gasteiger partial charge in [0, 0.05) is 28.4 Å². The van der Waals surface area contributed by atoms with Gasteiger partial charge in [0.25, 0.3) is 0 Å². The number of nitrogens with zero attached hydrogens (tertiary/aromatic N) is 3. The molecule has 0 amide bonds. The lowest BCUT2D eigenvalue weighted by Crippen LogP contribution is -2.26. The maximum atomic E-state index is 4.53. The number of hydrogen-bond acceptors (Lipinski definition) is 3. The van der Waals surface area contributed by atoms with Gasteiger partial charge in [-0.05, 0) is 57.0 Å². The van der Waals surface area contributed by atoms with Crippen molar-refractivity contribution in [2.24, 2.45) is 7.05 Å². The van der Waals surface area contributed by atoms with Gasteiger partial charge in [-0.3, -0.25) is 9.67 Å². The predicted molar refractivity (Wildman–Crippen MR) is 83.0 cm³/mol. The third-order valence-electron chi connectivity index (χ3n) is 2.86. The van der Waals surface area contributed by atoms with Gasteiger partial charge in [0.1, 0.15) is 0 Å². The van der Waals surface area contributed by atoms with Crippen LogP contribution in [0.4, 0.5) is 0 Å². The van der Waals surface area contributed by atoms with Gasteiger partial charge in [0.2, 0.25) is 0 Å². The van der Waals surface area contributed by atoms with Crippen molar-refractivity contribution in [3.63, 3.8) is 0 Å². The van der Waals surface area contributed by atoms with E-state index in [4.69, 9.17) is 0 Å². The second-order valence-electron chi connectivity index (χ2n) is 4.29. The third kappa shape index (κ3) is 3.43. The number of pyridine rings is 1. The van der Waals surface area contributed by atoms with Crippen LogP contribution < -0.4 is 5.32 Å². The summed E-state index contributed by atoms with van der Waals surface area (Å²) in [6.45, 7) is 3.08. The minimum atomic E-state index is 0.0370. The maximum Gasteiger partial charge on any atom is 0.0933 e. The molecule has 0 aliphatic rings. The van der Waals surface area contributed by atoms with Gasteiger partial charge in [0.15, 0.2) is 0 Å². The smallest absolute Gasteiger partial charge is 0.0933 e. The van der Waals surface area contributed by atoms with Gasteiger partial charge in [-0.15, -0.1) is 0 Å². The molecule has 0 fully saturated rings. The van der Waals surface area contributed by atoms with E-state index in [1.807, 2.05) is 36.3 Å². The highest BCUT2D eigenvalue weighted by Gasteiger charge is 2.20. The molecule has 6 heteroatoms. The van der Waals surface area contributed by atoms with Gasteiger partial charge >= 0.3 is 0 Å². The number of nitrogens with one attached hydrogen (secondary N) is 1. The first-order valence-corrected chi connectivity index (χ1v) is 7.74. The van der Waals surface area contributed by atoms with Crippen LogP contribution >= 0.6 is 31.9 Å². The van der Waals surface area contributed by atoms with Crippen LogP contribution in [0.2, 0.25) is 0 Å². The van der Waals surface area contributed by atoms with Gasteiger partial charge in [-0.1, -0.05) is 6.92 Å². The summed E-state index contributed by atoms with van der Waals surface area (Å²) in [5.41, 5.74) is 2.07. The van der Waals surface area contributed by atoms with E-state index in [0.29, 0.717) is 0 Å². The number of rotatable bonds is 5. The molecule has 1 unspecified atom stereocenters. The first kappa shape index (κ1) is 14.7. The average molecular weight is 388 g/mol. The van der Waals surface area contributed by atoms with E-state index in [1.165, 1.54) is 0 Å². The third-order valence-corrected chi connectivity index (χ3v) is 3.93. The summed E-state index contributed by atoms with van der Waals surface area (Å²) in [4.78, 5) is 4.53. The summed E-state index contributed by atoms with van der Waals surface area (Å²) in [5, 5.41) is 7.76.